The molecule has 1 aliphatic heterocycles. The molecule has 4 N–H and O–H groups in total. The van der Waals surface area contributed by atoms with Crippen molar-refractivity contribution < 1.29 is 14.0 Å². The molecule has 1 atom stereocenters. The highest BCUT2D eigenvalue weighted by atomic mass is 35.5. The molecule has 10 heteroatoms. The summed E-state index contributed by atoms with van der Waals surface area (Å²) in [4.78, 5) is 27.1. The molecule has 0 radical (unpaired) electrons. The zero-order chi connectivity index (χ0) is 23.2. The normalized spacial score (nSPS) is 18.4. The van der Waals surface area contributed by atoms with Gasteiger partial charge in [0.15, 0.2) is 0 Å². The van der Waals surface area contributed by atoms with Gasteiger partial charge in [-0.25, -0.2) is 9.18 Å². The van der Waals surface area contributed by atoms with Gasteiger partial charge in [-0.1, -0.05) is 11.6 Å². The summed E-state index contributed by atoms with van der Waals surface area (Å²) in [5.74, 6) is -1.22. The van der Waals surface area contributed by atoms with E-state index in [1.807, 2.05) is 20.8 Å². The predicted octanol–water partition coefficient (Wildman–Crippen LogP) is 3.06. The van der Waals surface area contributed by atoms with E-state index in [0.717, 1.165) is 12.8 Å². The molecule has 1 saturated carbocycles. The Hall–Kier alpha value is -2.65. The first-order chi connectivity index (χ1) is 15.0. The number of primary amides is 1. The van der Waals surface area contributed by atoms with Crippen LogP contribution in [0.2, 0.25) is 5.02 Å². The highest BCUT2D eigenvalue weighted by Crippen LogP contribution is 2.33. The number of benzene rings is 1. The van der Waals surface area contributed by atoms with Gasteiger partial charge in [0.1, 0.15) is 11.5 Å². The van der Waals surface area contributed by atoms with Gasteiger partial charge in [0, 0.05) is 30.2 Å². The van der Waals surface area contributed by atoms with E-state index in [0.29, 0.717) is 36.1 Å². The topological polar surface area (TPSA) is 105 Å². The Kier molecular flexibility index (Phi) is 5.89. The number of carbonyl (C=O) groups excluding carboxylic acids is 2. The minimum atomic E-state index is -0.659. The van der Waals surface area contributed by atoms with Crippen LogP contribution in [-0.2, 0) is 6.54 Å². The Bertz CT molecular complexity index is 1060. The first kappa shape index (κ1) is 22.5. The van der Waals surface area contributed by atoms with Crippen LogP contribution in [0.5, 0.6) is 0 Å². The maximum absolute atomic E-state index is 13.7. The molecule has 1 aliphatic carbocycles. The Balaban J connectivity index is 1.76. The second-order valence-electron chi connectivity index (χ2n) is 9.51. The molecule has 2 aliphatic rings. The Morgan fingerprint density at radius 2 is 2.03 bits per heavy atom. The molecule has 1 aromatic carbocycles. The third-order valence-corrected chi connectivity index (χ3v) is 5.85. The number of urea groups is 1. The van der Waals surface area contributed by atoms with E-state index in [4.69, 9.17) is 22.4 Å². The average molecular weight is 463 g/mol. The molecular weight excluding hydrogens is 435 g/mol. The number of carbonyl (C=O) groups is 2. The van der Waals surface area contributed by atoms with E-state index in [-0.39, 0.29) is 29.2 Å². The summed E-state index contributed by atoms with van der Waals surface area (Å²) in [6.45, 7) is 6.95. The Morgan fingerprint density at radius 3 is 2.62 bits per heavy atom. The SMILES string of the molecule is CC(C)(C)NC(=O)N1Cc2c(C(N)=O)c(-c3ccc(F)c(Cl)c3)nn2C(CNC2CC2)C1. The highest BCUT2D eigenvalue weighted by Gasteiger charge is 2.36. The van der Waals surface area contributed by atoms with Crippen LogP contribution in [0.3, 0.4) is 0 Å². The minimum Gasteiger partial charge on any atom is -0.365 e. The largest absolute Gasteiger partial charge is 0.365 e. The number of amides is 3. The van der Waals surface area contributed by atoms with Gasteiger partial charge in [-0.3, -0.25) is 9.48 Å². The van der Waals surface area contributed by atoms with Crippen LogP contribution in [0.4, 0.5) is 9.18 Å². The van der Waals surface area contributed by atoms with Crippen molar-refractivity contribution in [2.24, 2.45) is 5.73 Å². The van der Waals surface area contributed by atoms with Crippen LogP contribution >= 0.6 is 11.6 Å². The quantitative estimate of drug-likeness (QED) is 0.635. The summed E-state index contributed by atoms with van der Waals surface area (Å²) >= 11 is 5.97. The molecule has 2 aromatic rings. The summed E-state index contributed by atoms with van der Waals surface area (Å²) in [6.07, 6.45) is 2.25. The molecule has 1 fully saturated rings. The number of hydrogen-bond acceptors (Lipinski definition) is 4. The summed E-state index contributed by atoms with van der Waals surface area (Å²) in [7, 11) is 0. The maximum Gasteiger partial charge on any atom is 0.318 e. The van der Waals surface area contributed by atoms with Gasteiger partial charge in [-0.05, 0) is 51.8 Å². The molecule has 0 saturated heterocycles. The van der Waals surface area contributed by atoms with E-state index in [1.54, 1.807) is 9.58 Å². The Labute approximate surface area is 191 Å². The fourth-order valence-electron chi connectivity index (χ4n) is 3.90. The second-order valence-corrected chi connectivity index (χ2v) is 9.91. The molecular formula is C22H28ClFN6O2. The van der Waals surface area contributed by atoms with Crippen molar-refractivity contribution in [1.29, 1.82) is 0 Å². The third kappa shape index (κ3) is 4.73. The van der Waals surface area contributed by atoms with Gasteiger partial charge in [0.2, 0.25) is 0 Å². The van der Waals surface area contributed by atoms with E-state index in [9.17, 15) is 14.0 Å². The fourth-order valence-corrected chi connectivity index (χ4v) is 4.08. The van der Waals surface area contributed by atoms with Gasteiger partial charge in [-0.15, -0.1) is 0 Å². The zero-order valence-corrected chi connectivity index (χ0v) is 19.2. The number of rotatable bonds is 5. The van der Waals surface area contributed by atoms with Gasteiger partial charge >= 0.3 is 6.03 Å². The molecule has 0 spiro atoms. The van der Waals surface area contributed by atoms with Crippen LogP contribution in [0, 0.1) is 5.82 Å². The molecule has 2 heterocycles. The zero-order valence-electron chi connectivity index (χ0n) is 18.4. The van der Waals surface area contributed by atoms with Gasteiger partial charge in [0.05, 0.1) is 28.9 Å². The number of nitrogens with zero attached hydrogens (tertiary/aromatic N) is 3. The standard InChI is InChI=1S/C22H28ClFN6O2/c1-22(2,3)27-21(32)29-10-14(9-26-13-5-6-13)30-17(11-29)18(20(25)31)19(28-30)12-4-7-16(24)15(23)8-12/h4,7-8,13-14,26H,5-6,9-11H2,1-3H3,(H2,25,31)(H,27,32). The van der Waals surface area contributed by atoms with Crippen LogP contribution in [-0.4, -0.2) is 51.3 Å². The van der Waals surface area contributed by atoms with Crippen molar-refractivity contribution >= 4 is 23.5 Å². The lowest BCUT2D eigenvalue weighted by Gasteiger charge is -2.36. The van der Waals surface area contributed by atoms with Crippen LogP contribution < -0.4 is 16.4 Å². The van der Waals surface area contributed by atoms with Crippen molar-refractivity contribution in [3.63, 3.8) is 0 Å². The van der Waals surface area contributed by atoms with Gasteiger partial charge in [-0.2, -0.15) is 5.10 Å². The molecule has 4 rings (SSSR count). The lowest BCUT2D eigenvalue weighted by molar-refractivity contribution is 0.0995. The highest BCUT2D eigenvalue weighted by molar-refractivity contribution is 6.31. The summed E-state index contributed by atoms with van der Waals surface area (Å²) in [6, 6.07) is 4.24. The van der Waals surface area contributed by atoms with Crippen molar-refractivity contribution in [2.45, 2.75) is 57.8 Å². The third-order valence-electron chi connectivity index (χ3n) is 5.56. The monoisotopic (exact) mass is 462 g/mol. The number of nitrogens with two attached hydrogens (primary N) is 1. The minimum absolute atomic E-state index is 0.0676. The molecule has 3 amide bonds. The molecule has 32 heavy (non-hydrogen) atoms. The summed E-state index contributed by atoms with van der Waals surface area (Å²) in [5.41, 5.74) is 6.96. The van der Waals surface area contributed by atoms with Crippen LogP contribution in [0.25, 0.3) is 11.3 Å². The lowest BCUT2D eigenvalue weighted by atomic mass is 10.0. The number of hydrogen-bond donors (Lipinski definition) is 3. The fraction of sp³-hybridized carbons (Fsp3) is 0.500. The first-order valence-electron chi connectivity index (χ1n) is 10.7. The lowest BCUT2D eigenvalue weighted by Crippen LogP contribution is -2.52. The van der Waals surface area contributed by atoms with E-state index in [1.165, 1.54) is 18.2 Å². The summed E-state index contributed by atoms with van der Waals surface area (Å²) < 4.78 is 15.5. The van der Waals surface area contributed by atoms with Gasteiger partial charge < -0.3 is 21.3 Å². The van der Waals surface area contributed by atoms with E-state index >= 15 is 0 Å². The number of halogens is 2. The van der Waals surface area contributed by atoms with E-state index in [2.05, 4.69) is 10.6 Å². The van der Waals surface area contributed by atoms with Gasteiger partial charge in [0.25, 0.3) is 5.91 Å². The molecule has 1 unspecified atom stereocenters. The number of aromatic nitrogens is 2. The van der Waals surface area contributed by atoms with E-state index < -0.39 is 17.3 Å². The second kappa shape index (κ2) is 8.37. The average Bonchev–Trinajstić information content (AvgIpc) is 3.44. The maximum atomic E-state index is 13.7. The molecule has 8 nitrogen and oxygen atoms in total. The van der Waals surface area contributed by atoms with Crippen LogP contribution in [0.1, 0.15) is 55.7 Å². The molecule has 0 bridgehead atoms. The van der Waals surface area contributed by atoms with Crippen LogP contribution in [0.15, 0.2) is 18.2 Å². The van der Waals surface area contributed by atoms with Crippen molar-refractivity contribution in [3.8, 4) is 11.3 Å². The number of fused-ring (bicyclic) bond motifs is 1. The smallest absolute Gasteiger partial charge is 0.318 e. The predicted molar refractivity (Wildman–Crippen MR) is 120 cm³/mol. The van der Waals surface area contributed by atoms with Crippen molar-refractivity contribution in [3.05, 3.63) is 40.3 Å². The molecule has 172 valence electrons. The van der Waals surface area contributed by atoms with Crippen molar-refractivity contribution in [1.82, 2.24) is 25.3 Å². The first-order valence-corrected chi connectivity index (χ1v) is 11.1. The Morgan fingerprint density at radius 1 is 1.31 bits per heavy atom. The number of nitrogens with one attached hydrogen (secondary N) is 2. The molecule has 1 aromatic heterocycles. The summed E-state index contributed by atoms with van der Waals surface area (Å²) in [5, 5.41) is 11.1. The van der Waals surface area contributed by atoms with Crippen molar-refractivity contribution in [2.75, 3.05) is 13.1 Å².